The molecule has 0 amide bonds. The van der Waals surface area contributed by atoms with Crippen LogP contribution >= 0.6 is 0 Å². The molecule has 1 unspecified atom stereocenters. The highest BCUT2D eigenvalue weighted by molar-refractivity contribution is 5.37. The van der Waals surface area contributed by atoms with Crippen molar-refractivity contribution in [2.45, 2.75) is 19.5 Å². The first-order valence-electron chi connectivity index (χ1n) is 5.36. The van der Waals surface area contributed by atoms with Crippen LogP contribution in [0.15, 0.2) is 24.3 Å². The Morgan fingerprint density at radius 1 is 1.44 bits per heavy atom. The van der Waals surface area contributed by atoms with Crippen LogP contribution in [0, 0.1) is 11.3 Å². The number of hydrogen-bond acceptors (Lipinski definition) is 3. The number of rotatable bonds is 5. The molecule has 3 nitrogen and oxygen atoms in total. The number of methoxy groups -OCH3 is 1. The van der Waals surface area contributed by atoms with Gasteiger partial charge < -0.3 is 4.74 Å². The minimum absolute atomic E-state index is 0.344. The summed E-state index contributed by atoms with van der Waals surface area (Å²) in [6.45, 7) is 3.58. The van der Waals surface area contributed by atoms with Gasteiger partial charge in [0.05, 0.1) is 18.2 Å². The molecule has 86 valence electrons. The lowest BCUT2D eigenvalue weighted by Crippen LogP contribution is -2.32. The number of hydrogen-bond donors (Lipinski definition) is 0. The van der Waals surface area contributed by atoms with Gasteiger partial charge in [0.2, 0.25) is 0 Å². The molecule has 0 fully saturated rings. The van der Waals surface area contributed by atoms with Crippen molar-refractivity contribution in [1.29, 1.82) is 5.26 Å². The van der Waals surface area contributed by atoms with Crippen molar-refractivity contribution in [2.24, 2.45) is 0 Å². The van der Waals surface area contributed by atoms with Crippen molar-refractivity contribution in [2.75, 3.05) is 20.8 Å². The topological polar surface area (TPSA) is 36.3 Å². The average Bonchev–Trinajstić information content (AvgIpc) is 2.30. The molecule has 0 bridgehead atoms. The molecule has 0 aromatic heterocycles. The highest BCUT2D eigenvalue weighted by Gasteiger charge is 2.10. The summed E-state index contributed by atoms with van der Waals surface area (Å²) in [6.07, 6.45) is 0. The third kappa shape index (κ3) is 3.34. The SMILES string of the molecule is COCC(C)N(C)Cc1ccccc1C#N. The Kier molecular flexibility index (Phi) is 4.97. The van der Waals surface area contributed by atoms with E-state index in [2.05, 4.69) is 17.9 Å². The maximum atomic E-state index is 8.98. The molecule has 0 radical (unpaired) electrons. The van der Waals surface area contributed by atoms with E-state index < -0.39 is 0 Å². The van der Waals surface area contributed by atoms with Crippen molar-refractivity contribution >= 4 is 0 Å². The van der Waals surface area contributed by atoms with Gasteiger partial charge in [-0.15, -0.1) is 0 Å². The van der Waals surface area contributed by atoms with Crippen LogP contribution in [0.25, 0.3) is 0 Å². The molecule has 0 aliphatic heterocycles. The van der Waals surface area contributed by atoms with E-state index in [1.54, 1.807) is 7.11 Å². The molecular formula is C13H18N2O. The van der Waals surface area contributed by atoms with Crippen LogP contribution in [0.1, 0.15) is 18.1 Å². The van der Waals surface area contributed by atoms with Gasteiger partial charge in [0.15, 0.2) is 0 Å². The van der Waals surface area contributed by atoms with Gasteiger partial charge in [0.1, 0.15) is 0 Å². The van der Waals surface area contributed by atoms with Crippen molar-refractivity contribution < 1.29 is 4.74 Å². The van der Waals surface area contributed by atoms with E-state index in [0.29, 0.717) is 12.6 Å². The van der Waals surface area contributed by atoms with Gasteiger partial charge in [-0.25, -0.2) is 0 Å². The Bertz CT molecular complexity index is 370. The maximum absolute atomic E-state index is 8.98. The Labute approximate surface area is 97.3 Å². The van der Waals surface area contributed by atoms with E-state index in [1.807, 2.05) is 31.3 Å². The second-order valence-corrected chi connectivity index (χ2v) is 3.99. The molecular weight excluding hydrogens is 200 g/mol. The predicted octanol–water partition coefficient (Wildman–Crippen LogP) is 2.02. The van der Waals surface area contributed by atoms with Crippen molar-refractivity contribution in [3.05, 3.63) is 35.4 Å². The fourth-order valence-corrected chi connectivity index (χ4v) is 1.56. The largest absolute Gasteiger partial charge is 0.383 e. The maximum Gasteiger partial charge on any atom is 0.0995 e. The summed E-state index contributed by atoms with van der Waals surface area (Å²) in [4.78, 5) is 2.18. The molecule has 3 heteroatoms. The van der Waals surface area contributed by atoms with Gasteiger partial charge in [-0.1, -0.05) is 18.2 Å². The highest BCUT2D eigenvalue weighted by atomic mass is 16.5. The number of likely N-dealkylation sites (N-methyl/N-ethyl adjacent to an activating group) is 1. The molecule has 1 aromatic rings. The smallest absolute Gasteiger partial charge is 0.0995 e. The van der Waals surface area contributed by atoms with E-state index in [-0.39, 0.29) is 0 Å². The monoisotopic (exact) mass is 218 g/mol. The fraction of sp³-hybridized carbons (Fsp3) is 0.462. The Morgan fingerprint density at radius 3 is 2.75 bits per heavy atom. The zero-order chi connectivity index (χ0) is 12.0. The molecule has 1 aromatic carbocycles. The summed E-state index contributed by atoms with van der Waals surface area (Å²) in [5, 5.41) is 8.98. The van der Waals surface area contributed by atoms with Crippen LogP contribution in [-0.4, -0.2) is 31.7 Å². The summed E-state index contributed by atoms with van der Waals surface area (Å²) in [5.41, 5.74) is 1.81. The molecule has 1 atom stereocenters. The number of nitrogens with zero attached hydrogens (tertiary/aromatic N) is 2. The molecule has 16 heavy (non-hydrogen) atoms. The Morgan fingerprint density at radius 2 is 2.12 bits per heavy atom. The van der Waals surface area contributed by atoms with Gasteiger partial charge in [-0.2, -0.15) is 5.26 Å². The van der Waals surface area contributed by atoms with Crippen LogP contribution in [0.5, 0.6) is 0 Å². The summed E-state index contributed by atoms with van der Waals surface area (Å²) in [7, 11) is 3.74. The normalized spacial score (nSPS) is 12.4. The van der Waals surface area contributed by atoms with Gasteiger partial charge in [-0.3, -0.25) is 4.90 Å². The second-order valence-electron chi connectivity index (χ2n) is 3.99. The molecule has 0 aliphatic rings. The van der Waals surface area contributed by atoms with Crippen LogP contribution in [0.2, 0.25) is 0 Å². The third-order valence-corrected chi connectivity index (χ3v) is 2.72. The summed E-state index contributed by atoms with van der Waals surface area (Å²) < 4.78 is 5.11. The Hall–Kier alpha value is -1.37. The third-order valence-electron chi connectivity index (χ3n) is 2.72. The zero-order valence-corrected chi connectivity index (χ0v) is 10.1. The van der Waals surface area contributed by atoms with Gasteiger partial charge in [-0.05, 0) is 25.6 Å². The quantitative estimate of drug-likeness (QED) is 0.758. The van der Waals surface area contributed by atoms with Crippen molar-refractivity contribution in [3.63, 3.8) is 0 Å². The minimum Gasteiger partial charge on any atom is -0.383 e. The summed E-state index contributed by atoms with van der Waals surface area (Å²) in [6, 6.07) is 10.3. The second kappa shape index (κ2) is 6.26. The van der Waals surface area contributed by atoms with E-state index in [9.17, 15) is 0 Å². The highest BCUT2D eigenvalue weighted by Crippen LogP contribution is 2.11. The zero-order valence-electron chi connectivity index (χ0n) is 10.1. The minimum atomic E-state index is 0.344. The standard InChI is InChI=1S/C13H18N2O/c1-11(10-16-3)15(2)9-13-7-5-4-6-12(13)8-14/h4-7,11H,9-10H2,1-3H3. The molecule has 0 saturated heterocycles. The first-order valence-corrected chi connectivity index (χ1v) is 5.36. The van der Waals surface area contributed by atoms with Crippen LogP contribution < -0.4 is 0 Å². The number of benzene rings is 1. The van der Waals surface area contributed by atoms with Crippen LogP contribution in [0.4, 0.5) is 0 Å². The molecule has 0 N–H and O–H groups in total. The lowest BCUT2D eigenvalue weighted by atomic mass is 10.1. The van der Waals surface area contributed by atoms with Crippen LogP contribution in [-0.2, 0) is 11.3 Å². The van der Waals surface area contributed by atoms with Crippen molar-refractivity contribution in [3.8, 4) is 6.07 Å². The summed E-state index contributed by atoms with van der Waals surface area (Å²) in [5.74, 6) is 0. The summed E-state index contributed by atoms with van der Waals surface area (Å²) >= 11 is 0. The van der Waals surface area contributed by atoms with E-state index in [0.717, 1.165) is 17.7 Å². The van der Waals surface area contributed by atoms with E-state index in [4.69, 9.17) is 10.00 Å². The van der Waals surface area contributed by atoms with E-state index >= 15 is 0 Å². The molecule has 0 saturated carbocycles. The number of nitriles is 1. The fourth-order valence-electron chi connectivity index (χ4n) is 1.56. The molecule has 0 spiro atoms. The first-order chi connectivity index (χ1) is 7.69. The lowest BCUT2D eigenvalue weighted by Gasteiger charge is -2.24. The molecule has 0 heterocycles. The van der Waals surface area contributed by atoms with Crippen molar-refractivity contribution in [1.82, 2.24) is 4.90 Å². The predicted molar refractivity (Wildman–Crippen MR) is 64.0 cm³/mol. The number of ether oxygens (including phenoxy) is 1. The van der Waals surface area contributed by atoms with Gasteiger partial charge in [0.25, 0.3) is 0 Å². The first kappa shape index (κ1) is 12.7. The van der Waals surface area contributed by atoms with Gasteiger partial charge >= 0.3 is 0 Å². The molecule has 1 rings (SSSR count). The van der Waals surface area contributed by atoms with E-state index in [1.165, 1.54) is 0 Å². The Balaban J connectivity index is 2.69. The van der Waals surface area contributed by atoms with Crippen LogP contribution in [0.3, 0.4) is 0 Å². The van der Waals surface area contributed by atoms with Gasteiger partial charge in [0, 0.05) is 19.7 Å². The lowest BCUT2D eigenvalue weighted by molar-refractivity contribution is 0.112. The average molecular weight is 218 g/mol. The molecule has 0 aliphatic carbocycles.